The van der Waals surface area contributed by atoms with Crippen molar-refractivity contribution < 1.29 is 27.5 Å². The van der Waals surface area contributed by atoms with Gasteiger partial charge in [-0.05, 0) is 49.6 Å². The number of methoxy groups -OCH3 is 2. The summed E-state index contributed by atoms with van der Waals surface area (Å²) in [5.41, 5.74) is 0.965. The van der Waals surface area contributed by atoms with Crippen molar-refractivity contribution in [3.63, 3.8) is 0 Å². The number of anilines is 1. The average Bonchev–Trinajstić information content (AvgIpc) is 3.03. The van der Waals surface area contributed by atoms with E-state index in [1.165, 1.54) is 37.3 Å². The Hall–Kier alpha value is -4.05. The Morgan fingerprint density at radius 1 is 0.905 bits per heavy atom. The van der Waals surface area contributed by atoms with Crippen LogP contribution in [0.4, 0.5) is 5.69 Å². The summed E-state index contributed by atoms with van der Waals surface area (Å²) >= 11 is 0. The lowest BCUT2D eigenvalue weighted by molar-refractivity contribution is -0.139. The zero-order chi connectivity index (χ0) is 30.1. The summed E-state index contributed by atoms with van der Waals surface area (Å²) in [7, 11) is -1.33. The molecule has 0 radical (unpaired) electrons. The van der Waals surface area contributed by atoms with Gasteiger partial charge in [-0.25, -0.2) is 8.42 Å². The summed E-state index contributed by atoms with van der Waals surface area (Å²) in [4.78, 5) is 29.1. The molecule has 1 aliphatic carbocycles. The summed E-state index contributed by atoms with van der Waals surface area (Å²) in [5.74, 6) is -0.147. The van der Waals surface area contributed by atoms with Crippen molar-refractivity contribution in [2.75, 3.05) is 25.1 Å². The van der Waals surface area contributed by atoms with Gasteiger partial charge in [0.25, 0.3) is 10.0 Å². The first-order chi connectivity index (χ1) is 20.2. The van der Waals surface area contributed by atoms with Crippen molar-refractivity contribution in [3.8, 4) is 11.5 Å². The highest BCUT2D eigenvalue weighted by molar-refractivity contribution is 7.92. The number of rotatable bonds is 12. The van der Waals surface area contributed by atoms with E-state index in [0.29, 0.717) is 5.75 Å². The van der Waals surface area contributed by atoms with E-state index in [1.807, 2.05) is 30.3 Å². The maximum absolute atomic E-state index is 14.2. The number of amides is 2. The molecule has 0 spiro atoms. The Balaban J connectivity index is 1.72. The number of carbonyl (C=O) groups excluding carboxylic acids is 2. The van der Waals surface area contributed by atoms with Gasteiger partial charge in [0.05, 0.1) is 24.8 Å². The number of carbonyl (C=O) groups is 2. The van der Waals surface area contributed by atoms with Gasteiger partial charge < -0.3 is 19.7 Å². The molecule has 0 heterocycles. The molecule has 3 aromatic rings. The molecule has 0 saturated heterocycles. The van der Waals surface area contributed by atoms with Crippen molar-refractivity contribution in [1.82, 2.24) is 10.2 Å². The Kier molecular flexibility index (Phi) is 10.5. The van der Waals surface area contributed by atoms with Gasteiger partial charge in [0.2, 0.25) is 11.8 Å². The van der Waals surface area contributed by atoms with Crippen LogP contribution in [-0.2, 0) is 26.2 Å². The number of nitrogens with zero attached hydrogens (tertiary/aromatic N) is 2. The van der Waals surface area contributed by atoms with Crippen LogP contribution in [0.3, 0.4) is 0 Å². The molecule has 9 nitrogen and oxygen atoms in total. The second-order valence-electron chi connectivity index (χ2n) is 10.4. The van der Waals surface area contributed by atoms with Gasteiger partial charge in [-0.2, -0.15) is 0 Å². The van der Waals surface area contributed by atoms with E-state index >= 15 is 0 Å². The minimum absolute atomic E-state index is 0.0142. The highest BCUT2D eigenvalue weighted by Gasteiger charge is 2.34. The normalized spacial score (nSPS) is 14.5. The fraction of sp³-hybridized carbons (Fsp3) is 0.375. The zero-order valence-electron chi connectivity index (χ0n) is 24.4. The van der Waals surface area contributed by atoms with Gasteiger partial charge in [-0.1, -0.05) is 67.8 Å². The fourth-order valence-electron chi connectivity index (χ4n) is 5.16. The molecule has 1 saturated carbocycles. The summed E-state index contributed by atoms with van der Waals surface area (Å²) in [6.07, 6.45) is 5.08. The molecule has 1 fully saturated rings. The van der Waals surface area contributed by atoms with Crippen LogP contribution in [-0.4, -0.2) is 58.0 Å². The number of hydrogen-bond donors (Lipinski definition) is 1. The smallest absolute Gasteiger partial charge is 0.264 e. The van der Waals surface area contributed by atoms with Crippen LogP contribution in [0.5, 0.6) is 11.5 Å². The Morgan fingerprint density at radius 3 is 2.17 bits per heavy atom. The average molecular weight is 594 g/mol. The topological polar surface area (TPSA) is 105 Å². The quantitative estimate of drug-likeness (QED) is 0.325. The minimum Gasteiger partial charge on any atom is -0.497 e. The molecule has 10 heteroatoms. The van der Waals surface area contributed by atoms with E-state index < -0.39 is 28.5 Å². The molecule has 1 N–H and O–H groups in total. The Morgan fingerprint density at radius 2 is 1.55 bits per heavy atom. The molecule has 4 rings (SSSR count). The second-order valence-corrected chi connectivity index (χ2v) is 12.3. The molecule has 0 aromatic heterocycles. The lowest BCUT2D eigenvalue weighted by atomic mass is 9.95. The molecule has 1 atom stereocenters. The number of nitrogens with one attached hydrogen (secondary N) is 1. The molecule has 42 heavy (non-hydrogen) atoms. The van der Waals surface area contributed by atoms with Gasteiger partial charge in [0, 0.05) is 18.7 Å². The zero-order valence-corrected chi connectivity index (χ0v) is 25.2. The largest absolute Gasteiger partial charge is 0.497 e. The SMILES string of the molecule is COc1ccc(OC)c(N(CC(=O)N(Cc2ccccc2)[C@@H](C)C(=O)NC2CCCCC2)S(=O)(=O)c2ccccc2)c1. The van der Waals surface area contributed by atoms with Crippen LogP contribution >= 0.6 is 0 Å². The molecule has 224 valence electrons. The van der Waals surface area contributed by atoms with Gasteiger partial charge in [-0.3, -0.25) is 13.9 Å². The predicted molar refractivity (Wildman–Crippen MR) is 162 cm³/mol. The van der Waals surface area contributed by atoms with E-state index in [0.717, 1.165) is 42.0 Å². The summed E-state index contributed by atoms with van der Waals surface area (Å²) in [6.45, 7) is 1.25. The van der Waals surface area contributed by atoms with E-state index in [9.17, 15) is 18.0 Å². The molecule has 1 aliphatic rings. The molecule has 0 aliphatic heterocycles. The van der Waals surface area contributed by atoms with Crippen LogP contribution in [0.2, 0.25) is 0 Å². The van der Waals surface area contributed by atoms with Crippen molar-refractivity contribution in [3.05, 3.63) is 84.4 Å². The number of hydrogen-bond acceptors (Lipinski definition) is 6. The first-order valence-corrected chi connectivity index (χ1v) is 15.6. The van der Waals surface area contributed by atoms with Crippen LogP contribution in [0.15, 0.2) is 83.8 Å². The lowest BCUT2D eigenvalue weighted by Crippen LogP contribution is -2.53. The first-order valence-electron chi connectivity index (χ1n) is 14.2. The van der Waals surface area contributed by atoms with E-state index in [1.54, 1.807) is 37.3 Å². The Bertz CT molecular complexity index is 1440. The van der Waals surface area contributed by atoms with Crippen molar-refractivity contribution in [1.29, 1.82) is 0 Å². The molecule has 0 bridgehead atoms. The third-order valence-electron chi connectivity index (χ3n) is 7.58. The van der Waals surface area contributed by atoms with Gasteiger partial charge in [0.1, 0.15) is 24.1 Å². The number of benzene rings is 3. The highest BCUT2D eigenvalue weighted by Crippen LogP contribution is 2.36. The van der Waals surface area contributed by atoms with Crippen molar-refractivity contribution >= 4 is 27.5 Å². The van der Waals surface area contributed by atoms with Gasteiger partial charge >= 0.3 is 0 Å². The standard InChI is InChI=1S/C32H39N3O6S/c1-24(32(37)33-26-15-9-5-10-16-26)34(22-25-13-7-4-8-14-25)31(36)23-35(42(38,39)28-17-11-6-12-18-28)29-21-27(40-2)19-20-30(29)41-3/h4,6-8,11-14,17-21,24,26H,5,9-10,15-16,22-23H2,1-3H3,(H,33,37)/t24-/m0/s1. The third-order valence-corrected chi connectivity index (χ3v) is 9.35. The van der Waals surface area contributed by atoms with E-state index in [4.69, 9.17) is 9.47 Å². The molecule has 2 amide bonds. The van der Waals surface area contributed by atoms with Gasteiger partial charge in [0.15, 0.2) is 0 Å². The van der Waals surface area contributed by atoms with E-state index in [-0.39, 0.29) is 34.8 Å². The molecular formula is C32H39N3O6S. The molecule has 3 aromatic carbocycles. The predicted octanol–water partition coefficient (Wildman–Crippen LogP) is 4.77. The Labute approximate surface area is 248 Å². The second kappa shape index (κ2) is 14.2. The first kappa shape index (κ1) is 30.9. The van der Waals surface area contributed by atoms with Crippen molar-refractivity contribution in [2.24, 2.45) is 0 Å². The highest BCUT2D eigenvalue weighted by atomic mass is 32.2. The number of sulfonamides is 1. The minimum atomic E-state index is -4.23. The lowest BCUT2D eigenvalue weighted by Gasteiger charge is -2.33. The molecular weight excluding hydrogens is 554 g/mol. The maximum Gasteiger partial charge on any atom is 0.264 e. The summed E-state index contributed by atoms with van der Waals surface area (Å²) in [5, 5.41) is 3.11. The van der Waals surface area contributed by atoms with Gasteiger partial charge in [-0.15, -0.1) is 0 Å². The van der Waals surface area contributed by atoms with Crippen molar-refractivity contribution in [2.45, 2.75) is 62.6 Å². The van der Waals surface area contributed by atoms with Crippen LogP contribution in [0.1, 0.15) is 44.6 Å². The fourth-order valence-corrected chi connectivity index (χ4v) is 6.59. The van der Waals surface area contributed by atoms with Crippen LogP contribution in [0.25, 0.3) is 0 Å². The summed E-state index contributed by atoms with van der Waals surface area (Å²) in [6, 6.07) is 21.2. The molecule has 0 unspecified atom stereocenters. The maximum atomic E-state index is 14.2. The van der Waals surface area contributed by atoms with Crippen LogP contribution < -0.4 is 19.1 Å². The number of ether oxygens (including phenoxy) is 2. The third kappa shape index (κ3) is 7.42. The summed E-state index contributed by atoms with van der Waals surface area (Å²) < 4.78 is 40.0. The van der Waals surface area contributed by atoms with Crippen LogP contribution in [0, 0.1) is 0 Å². The van der Waals surface area contributed by atoms with E-state index in [2.05, 4.69) is 5.32 Å². The monoisotopic (exact) mass is 593 g/mol.